The molecule has 3 rings (SSSR count). The van der Waals surface area contributed by atoms with Crippen molar-refractivity contribution in [3.8, 4) is 0 Å². The molecule has 134 valence electrons. The Morgan fingerprint density at radius 2 is 1.58 bits per heavy atom. The van der Waals surface area contributed by atoms with E-state index in [9.17, 15) is 4.79 Å². The smallest absolute Gasteiger partial charge is 0.249 e. The number of nitrogens with one attached hydrogen (secondary N) is 1. The normalized spacial score (nSPS) is 14.8. The summed E-state index contributed by atoms with van der Waals surface area (Å²) < 4.78 is 0. The number of amides is 1. The van der Waals surface area contributed by atoms with Gasteiger partial charge in [-0.05, 0) is 33.8 Å². The van der Waals surface area contributed by atoms with Gasteiger partial charge in [-0.2, -0.15) is 0 Å². The van der Waals surface area contributed by atoms with E-state index in [-0.39, 0.29) is 18.0 Å². The Hall–Kier alpha value is -2.88. The fourth-order valence-electron chi connectivity index (χ4n) is 3.29. The third-order valence-electron chi connectivity index (χ3n) is 4.36. The van der Waals surface area contributed by atoms with Crippen molar-refractivity contribution in [3.05, 3.63) is 71.8 Å². The number of para-hydroxylation sites is 1. The van der Waals surface area contributed by atoms with Gasteiger partial charge in [0.25, 0.3) is 0 Å². The van der Waals surface area contributed by atoms with E-state index >= 15 is 0 Å². The number of hydrogen-bond acceptors (Lipinski definition) is 3. The Morgan fingerprint density at radius 3 is 2.23 bits per heavy atom. The molecule has 2 aromatic rings. The topological polar surface area (TPSA) is 44.7 Å². The highest BCUT2D eigenvalue weighted by molar-refractivity contribution is 6.10. The lowest BCUT2D eigenvalue weighted by atomic mass is 10.0. The van der Waals surface area contributed by atoms with Crippen LogP contribution in [0.25, 0.3) is 5.70 Å². The molecule has 0 aliphatic carbocycles. The first-order valence-electron chi connectivity index (χ1n) is 9.02. The molecule has 1 N–H and O–H groups in total. The lowest BCUT2D eigenvalue weighted by Crippen LogP contribution is -2.41. The van der Waals surface area contributed by atoms with Crippen LogP contribution in [0.1, 0.15) is 38.8 Å². The van der Waals surface area contributed by atoms with Crippen molar-refractivity contribution < 1.29 is 4.79 Å². The van der Waals surface area contributed by atoms with E-state index in [1.807, 2.05) is 87.2 Å². The molecule has 0 fully saturated rings. The molecule has 0 bridgehead atoms. The van der Waals surface area contributed by atoms with Crippen molar-refractivity contribution in [2.45, 2.75) is 39.8 Å². The van der Waals surface area contributed by atoms with Crippen molar-refractivity contribution in [2.24, 2.45) is 4.99 Å². The number of carbonyl (C=O) groups excluding carboxylic acids is 1. The summed E-state index contributed by atoms with van der Waals surface area (Å²) in [5.74, 6) is 0.755. The van der Waals surface area contributed by atoms with Gasteiger partial charge < -0.3 is 10.2 Å². The van der Waals surface area contributed by atoms with Crippen LogP contribution in [-0.4, -0.2) is 28.7 Å². The number of hydrogen-bond donors (Lipinski definition) is 1. The molecule has 0 aromatic heterocycles. The summed E-state index contributed by atoms with van der Waals surface area (Å²) in [7, 11) is 0. The van der Waals surface area contributed by atoms with E-state index < -0.39 is 0 Å². The second-order valence-electron chi connectivity index (χ2n) is 6.96. The molecule has 0 radical (unpaired) electrons. The van der Waals surface area contributed by atoms with Crippen molar-refractivity contribution >= 4 is 23.1 Å². The van der Waals surface area contributed by atoms with Gasteiger partial charge in [0.2, 0.25) is 5.91 Å². The number of benzene rings is 2. The maximum atomic E-state index is 12.9. The molecule has 0 saturated heterocycles. The molecule has 4 heteroatoms. The SMILES string of the molecule is CC(C)N(C(=O)/C=C1\NC(c2ccccc2)=Nc2ccccc21)C(C)C. The van der Waals surface area contributed by atoms with E-state index in [0.29, 0.717) is 0 Å². The molecule has 0 saturated carbocycles. The summed E-state index contributed by atoms with van der Waals surface area (Å²) in [6.07, 6.45) is 1.69. The van der Waals surface area contributed by atoms with Crippen LogP contribution in [-0.2, 0) is 4.79 Å². The predicted molar refractivity (Wildman–Crippen MR) is 107 cm³/mol. The van der Waals surface area contributed by atoms with Gasteiger partial charge in [-0.15, -0.1) is 0 Å². The molecule has 0 spiro atoms. The molecule has 2 aromatic carbocycles. The molecule has 0 unspecified atom stereocenters. The molecule has 1 heterocycles. The zero-order valence-corrected chi connectivity index (χ0v) is 15.7. The average molecular weight is 347 g/mol. The molecule has 1 amide bonds. The van der Waals surface area contributed by atoms with Crippen LogP contribution in [0.3, 0.4) is 0 Å². The van der Waals surface area contributed by atoms with Crippen molar-refractivity contribution in [3.63, 3.8) is 0 Å². The van der Waals surface area contributed by atoms with Crippen LogP contribution in [0.2, 0.25) is 0 Å². The second-order valence-corrected chi connectivity index (χ2v) is 6.96. The number of nitrogens with zero attached hydrogens (tertiary/aromatic N) is 2. The number of carbonyl (C=O) groups is 1. The van der Waals surface area contributed by atoms with Gasteiger partial charge in [-0.3, -0.25) is 4.79 Å². The van der Waals surface area contributed by atoms with Gasteiger partial charge in [-0.1, -0.05) is 48.5 Å². The van der Waals surface area contributed by atoms with Crippen LogP contribution in [0, 0.1) is 0 Å². The van der Waals surface area contributed by atoms with Crippen molar-refractivity contribution in [2.75, 3.05) is 0 Å². The summed E-state index contributed by atoms with van der Waals surface area (Å²) in [5.41, 5.74) is 3.58. The maximum absolute atomic E-state index is 12.9. The Bertz CT molecular complexity index is 843. The quantitative estimate of drug-likeness (QED) is 0.836. The predicted octanol–water partition coefficient (Wildman–Crippen LogP) is 4.35. The Kier molecular flexibility index (Phi) is 5.21. The maximum Gasteiger partial charge on any atom is 0.249 e. The molecule has 1 aliphatic rings. The summed E-state index contributed by atoms with van der Waals surface area (Å²) in [4.78, 5) is 19.5. The zero-order chi connectivity index (χ0) is 18.7. The van der Waals surface area contributed by atoms with Gasteiger partial charge in [0.15, 0.2) is 0 Å². The van der Waals surface area contributed by atoms with Gasteiger partial charge >= 0.3 is 0 Å². The standard InChI is InChI=1S/C22H25N3O/c1-15(2)25(16(3)4)21(26)14-20-18-12-8-9-13-19(18)23-22(24-20)17-10-6-5-7-11-17/h5-16H,1-4H3,(H,23,24)/b20-14-. The fourth-order valence-corrected chi connectivity index (χ4v) is 3.29. The third kappa shape index (κ3) is 3.69. The largest absolute Gasteiger partial charge is 0.339 e. The minimum Gasteiger partial charge on any atom is -0.339 e. The van der Waals surface area contributed by atoms with E-state index in [1.165, 1.54) is 0 Å². The lowest BCUT2D eigenvalue weighted by Gasteiger charge is -2.30. The van der Waals surface area contributed by atoms with Crippen LogP contribution in [0.4, 0.5) is 5.69 Å². The fraction of sp³-hybridized carbons (Fsp3) is 0.273. The van der Waals surface area contributed by atoms with Crippen molar-refractivity contribution in [1.29, 1.82) is 0 Å². The molecule has 1 aliphatic heterocycles. The van der Waals surface area contributed by atoms with Crippen LogP contribution in [0.15, 0.2) is 65.7 Å². The number of aliphatic imine (C=N–C) groups is 1. The van der Waals surface area contributed by atoms with E-state index in [2.05, 4.69) is 5.32 Å². The number of rotatable bonds is 4. The minimum atomic E-state index is 0.00150. The van der Waals surface area contributed by atoms with Crippen molar-refractivity contribution in [1.82, 2.24) is 10.2 Å². The summed E-state index contributed by atoms with van der Waals surface area (Å²) in [6, 6.07) is 18.1. The minimum absolute atomic E-state index is 0.00150. The van der Waals surface area contributed by atoms with E-state index in [1.54, 1.807) is 6.08 Å². The van der Waals surface area contributed by atoms with Crippen LogP contribution < -0.4 is 5.32 Å². The second kappa shape index (κ2) is 7.56. The first kappa shape index (κ1) is 17.9. The number of amidine groups is 1. The summed E-state index contributed by atoms with van der Waals surface area (Å²) >= 11 is 0. The highest BCUT2D eigenvalue weighted by Crippen LogP contribution is 2.30. The molecular formula is C22H25N3O. The Balaban J connectivity index is 2.02. The molecular weight excluding hydrogens is 322 g/mol. The van der Waals surface area contributed by atoms with Gasteiger partial charge in [0.05, 0.1) is 11.4 Å². The molecule has 26 heavy (non-hydrogen) atoms. The third-order valence-corrected chi connectivity index (χ3v) is 4.36. The van der Waals surface area contributed by atoms with Gasteiger partial charge in [0.1, 0.15) is 5.84 Å². The van der Waals surface area contributed by atoms with Crippen LogP contribution in [0.5, 0.6) is 0 Å². The summed E-state index contributed by atoms with van der Waals surface area (Å²) in [5, 5.41) is 3.35. The van der Waals surface area contributed by atoms with E-state index in [4.69, 9.17) is 4.99 Å². The summed E-state index contributed by atoms with van der Waals surface area (Å²) in [6.45, 7) is 8.15. The number of fused-ring (bicyclic) bond motifs is 1. The highest BCUT2D eigenvalue weighted by atomic mass is 16.2. The van der Waals surface area contributed by atoms with E-state index in [0.717, 1.165) is 28.3 Å². The van der Waals surface area contributed by atoms with Gasteiger partial charge in [0, 0.05) is 29.3 Å². The molecule has 0 atom stereocenters. The average Bonchev–Trinajstić information content (AvgIpc) is 2.61. The highest BCUT2D eigenvalue weighted by Gasteiger charge is 2.22. The molecule has 4 nitrogen and oxygen atoms in total. The Morgan fingerprint density at radius 1 is 0.962 bits per heavy atom. The first-order valence-corrected chi connectivity index (χ1v) is 9.02. The van der Waals surface area contributed by atoms with Gasteiger partial charge in [-0.25, -0.2) is 4.99 Å². The lowest BCUT2D eigenvalue weighted by molar-refractivity contribution is -0.129. The monoisotopic (exact) mass is 347 g/mol. The zero-order valence-electron chi connectivity index (χ0n) is 15.7. The first-order chi connectivity index (χ1) is 12.5. The Labute approximate surface area is 155 Å². The van der Waals surface area contributed by atoms with Crippen LogP contribution >= 0.6 is 0 Å².